The van der Waals surface area contributed by atoms with Gasteiger partial charge < -0.3 is 9.84 Å². The quantitative estimate of drug-likeness (QED) is 0.879. The molecule has 0 aliphatic carbocycles. The second-order valence-corrected chi connectivity index (χ2v) is 3.57. The highest BCUT2D eigenvalue weighted by Crippen LogP contribution is 2.23. The molecule has 1 N–H and O–H groups in total. The van der Waals surface area contributed by atoms with Crippen LogP contribution in [0.25, 0.3) is 0 Å². The number of pyridine rings is 1. The summed E-state index contributed by atoms with van der Waals surface area (Å²) in [7, 11) is 0. The van der Waals surface area contributed by atoms with Crippen LogP contribution < -0.4 is 4.74 Å². The first-order chi connectivity index (χ1) is 8.16. The minimum Gasteiger partial charge on any atom is -0.478 e. The van der Waals surface area contributed by atoms with Crippen molar-refractivity contribution in [1.29, 1.82) is 0 Å². The van der Waals surface area contributed by atoms with Crippen molar-refractivity contribution < 1.29 is 14.6 Å². The van der Waals surface area contributed by atoms with Gasteiger partial charge in [0.05, 0.1) is 5.56 Å². The lowest BCUT2D eigenvalue weighted by Crippen LogP contribution is -1.95. The summed E-state index contributed by atoms with van der Waals surface area (Å²) >= 11 is 0. The van der Waals surface area contributed by atoms with Crippen LogP contribution >= 0.6 is 0 Å². The van der Waals surface area contributed by atoms with E-state index < -0.39 is 5.97 Å². The van der Waals surface area contributed by atoms with Gasteiger partial charge in [0.15, 0.2) is 0 Å². The molecular weight excluding hydrogens is 218 g/mol. The van der Waals surface area contributed by atoms with Gasteiger partial charge in [-0.1, -0.05) is 0 Å². The van der Waals surface area contributed by atoms with E-state index in [0.717, 1.165) is 5.56 Å². The second-order valence-electron chi connectivity index (χ2n) is 3.57. The van der Waals surface area contributed by atoms with Crippen molar-refractivity contribution in [2.75, 3.05) is 0 Å². The van der Waals surface area contributed by atoms with Crippen LogP contribution in [-0.2, 0) is 0 Å². The van der Waals surface area contributed by atoms with Crippen LogP contribution in [0.5, 0.6) is 11.5 Å². The normalized spacial score (nSPS) is 9.94. The number of rotatable bonds is 3. The van der Waals surface area contributed by atoms with Gasteiger partial charge in [0.25, 0.3) is 0 Å². The van der Waals surface area contributed by atoms with Gasteiger partial charge in [0.2, 0.25) is 0 Å². The number of aromatic carboxylic acids is 1. The number of benzene rings is 1. The van der Waals surface area contributed by atoms with Crippen molar-refractivity contribution >= 4 is 5.97 Å². The largest absolute Gasteiger partial charge is 0.478 e. The van der Waals surface area contributed by atoms with Crippen molar-refractivity contribution in [2.24, 2.45) is 0 Å². The summed E-state index contributed by atoms with van der Waals surface area (Å²) in [4.78, 5) is 14.6. The van der Waals surface area contributed by atoms with Crippen LogP contribution in [0.2, 0.25) is 0 Å². The Hall–Kier alpha value is -2.36. The third kappa shape index (κ3) is 2.60. The molecule has 86 valence electrons. The zero-order valence-corrected chi connectivity index (χ0v) is 9.25. The van der Waals surface area contributed by atoms with E-state index in [1.807, 2.05) is 6.92 Å². The molecule has 0 bridgehead atoms. The third-order valence-corrected chi connectivity index (χ3v) is 2.30. The topological polar surface area (TPSA) is 59.4 Å². The minimum absolute atomic E-state index is 0.240. The number of hydrogen-bond donors (Lipinski definition) is 1. The molecule has 4 heteroatoms. The Morgan fingerprint density at radius 1 is 1.24 bits per heavy atom. The van der Waals surface area contributed by atoms with Crippen molar-refractivity contribution in [3.8, 4) is 11.5 Å². The Balaban J connectivity index is 2.20. The van der Waals surface area contributed by atoms with E-state index in [9.17, 15) is 4.79 Å². The number of aromatic nitrogens is 1. The number of hydrogen-bond acceptors (Lipinski definition) is 3. The first-order valence-electron chi connectivity index (χ1n) is 5.08. The van der Waals surface area contributed by atoms with Crippen LogP contribution in [0.4, 0.5) is 0 Å². The minimum atomic E-state index is -0.948. The number of nitrogens with zero attached hydrogens (tertiary/aromatic N) is 1. The number of ether oxygens (including phenoxy) is 1. The molecule has 0 saturated heterocycles. The maximum atomic E-state index is 10.7. The Kier molecular flexibility index (Phi) is 3.05. The van der Waals surface area contributed by atoms with Crippen LogP contribution in [0.3, 0.4) is 0 Å². The van der Waals surface area contributed by atoms with E-state index in [1.54, 1.807) is 30.6 Å². The van der Waals surface area contributed by atoms with Crippen molar-refractivity contribution in [2.45, 2.75) is 6.92 Å². The van der Waals surface area contributed by atoms with Crippen LogP contribution in [0, 0.1) is 6.92 Å². The van der Waals surface area contributed by atoms with E-state index in [1.165, 1.54) is 12.1 Å². The molecule has 0 radical (unpaired) electrons. The second kappa shape index (κ2) is 4.65. The summed E-state index contributed by atoms with van der Waals surface area (Å²) in [5.74, 6) is 0.365. The van der Waals surface area contributed by atoms with Crippen molar-refractivity contribution in [1.82, 2.24) is 4.98 Å². The Labute approximate surface area is 98.5 Å². The van der Waals surface area contributed by atoms with Crippen molar-refractivity contribution in [3.63, 3.8) is 0 Å². The molecule has 0 unspecified atom stereocenters. The molecule has 0 aliphatic rings. The molecule has 1 aromatic heterocycles. The molecule has 0 aliphatic heterocycles. The molecule has 0 fully saturated rings. The summed E-state index contributed by atoms with van der Waals surface area (Å²) in [6.45, 7) is 1.90. The van der Waals surface area contributed by atoms with Gasteiger partial charge in [-0.3, -0.25) is 4.98 Å². The predicted molar refractivity (Wildman–Crippen MR) is 62.4 cm³/mol. The van der Waals surface area contributed by atoms with Gasteiger partial charge in [-0.15, -0.1) is 0 Å². The first kappa shape index (κ1) is 11.1. The van der Waals surface area contributed by atoms with Crippen LogP contribution in [0.1, 0.15) is 15.9 Å². The number of carboxylic acid groups (broad SMARTS) is 1. The fourth-order valence-electron chi connectivity index (χ4n) is 1.37. The van der Waals surface area contributed by atoms with Crippen molar-refractivity contribution in [3.05, 3.63) is 53.9 Å². The molecule has 2 rings (SSSR count). The van der Waals surface area contributed by atoms with Gasteiger partial charge in [-0.25, -0.2) is 4.79 Å². The molecule has 0 amide bonds. The Bertz CT molecular complexity index is 535. The predicted octanol–water partition coefficient (Wildman–Crippen LogP) is 2.88. The highest BCUT2D eigenvalue weighted by Gasteiger charge is 2.04. The van der Waals surface area contributed by atoms with E-state index in [4.69, 9.17) is 9.84 Å². The molecule has 1 heterocycles. The number of aryl methyl sites for hydroxylation is 1. The summed E-state index contributed by atoms with van der Waals surface area (Å²) in [5.41, 5.74) is 1.17. The van der Waals surface area contributed by atoms with E-state index in [0.29, 0.717) is 11.5 Å². The number of carbonyl (C=O) groups is 1. The lowest BCUT2D eigenvalue weighted by atomic mass is 10.2. The maximum Gasteiger partial charge on any atom is 0.335 e. The summed E-state index contributed by atoms with van der Waals surface area (Å²) in [6.07, 6.45) is 3.36. The highest BCUT2D eigenvalue weighted by molar-refractivity contribution is 5.87. The van der Waals surface area contributed by atoms with E-state index in [-0.39, 0.29) is 5.56 Å². The molecule has 0 atom stereocenters. The maximum absolute atomic E-state index is 10.7. The standard InChI is InChI=1S/C13H11NO3/c1-9-8-14-7-6-12(9)17-11-4-2-10(3-5-11)13(15)16/h2-8H,1H3,(H,15,16). The van der Waals surface area contributed by atoms with Gasteiger partial charge in [-0.2, -0.15) is 0 Å². The average Bonchev–Trinajstić information content (AvgIpc) is 2.33. The lowest BCUT2D eigenvalue weighted by molar-refractivity contribution is 0.0697. The molecule has 17 heavy (non-hydrogen) atoms. The van der Waals surface area contributed by atoms with E-state index in [2.05, 4.69) is 4.98 Å². The fraction of sp³-hybridized carbons (Fsp3) is 0.0769. The van der Waals surface area contributed by atoms with Gasteiger partial charge in [0, 0.05) is 18.0 Å². The smallest absolute Gasteiger partial charge is 0.335 e. The lowest BCUT2D eigenvalue weighted by Gasteiger charge is -2.07. The average molecular weight is 229 g/mol. The monoisotopic (exact) mass is 229 g/mol. The molecular formula is C13H11NO3. The first-order valence-corrected chi connectivity index (χ1v) is 5.08. The van der Waals surface area contributed by atoms with Gasteiger partial charge >= 0.3 is 5.97 Å². The fourth-order valence-corrected chi connectivity index (χ4v) is 1.37. The van der Waals surface area contributed by atoms with Crippen LogP contribution in [0.15, 0.2) is 42.7 Å². The summed E-state index contributed by atoms with van der Waals surface area (Å²) in [5, 5.41) is 8.76. The SMILES string of the molecule is Cc1cnccc1Oc1ccc(C(=O)O)cc1. The van der Waals surface area contributed by atoms with Gasteiger partial charge in [-0.05, 0) is 37.3 Å². The zero-order valence-electron chi connectivity index (χ0n) is 9.25. The highest BCUT2D eigenvalue weighted by atomic mass is 16.5. The van der Waals surface area contributed by atoms with E-state index >= 15 is 0 Å². The third-order valence-electron chi connectivity index (χ3n) is 2.30. The summed E-state index contributed by atoms with van der Waals surface area (Å²) < 4.78 is 5.61. The molecule has 4 nitrogen and oxygen atoms in total. The molecule has 0 spiro atoms. The Morgan fingerprint density at radius 2 is 1.94 bits per heavy atom. The molecule has 0 saturated carbocycles. The number of carboxylic acids is 1. The molecule has 1 aromatic carbocycles. The molecule has 2 aromatic rings. The zero-order chi connectivity index (χ0) is 12.3. The summed E-state index contributed by atoms with van der Waals surface area (Å²) in [6, 6.07) is 8.04. The van der Waals surface area contributed by atoms with Crippen LogP contribution in [-0.4, -0.2) is 16.1 Å². The Morgan fingerprint density at radius 3 is 2.53 bits per heavy atom. The van der Waals surface area contributed by atoms with Gasteiger partial charge in [0.1, 0.15) is 11.5 Å².